The van der Waals surface area contributed by atoms with Crippen molar-refractivity contribution in [3.05, 3.63) is 41.9 Å². The molecule has 3 aliphatic heterocycles. The molecule has 1 saturated carbocycles. The number of hydrogen-bond acceptors (Lipinski definition) is 2. The molecule has 3 fully saturated rings. The molecule has 4 heteroatoms. The molecule has 4 bridgehead atoms. The molecule has 7 rings (SSSR count). The summed E-state index contributed by atoms with van der Waals surface area (Å²) in [4.78, 5) is 6.71. The summed E-state index contributed by atoms with van der Waals surface area (Å²) in [6.45, 7) is 4.96. The van der Waals surface area contributed by atoms with Gasteiger partial charge in [0.05, 0.1) is 6.20 Å². The molecule has 1 aliphatic carbocycles. The van der Waals surface area contributed by atoms with Gasteiger partial charge in [-0.2, -0.15) is 5.10 Å². The highest BCUT2D eigenvalue weighted by Gasteiger charge is 2.48. The number of aromatic nitrogens is 3. The topological polar surface area (TPSA) is 36.9 Å². The van der Waals surface area contributed by atoms with Crippen LogP contribution in [0.2, 0.25) is 0 Å². The maximum absolute atomic E-state index is 4.35. The summed E-state index contributed by atoms with van der Waals surface area (Å²) in [5.74, 6) is 2.48. The first-order chi connectivity index (χ1) is 13.2. The SMILES string of the molecule is CCC1CC2CC3c4[nH]c5ccc(-c6cnn(C)c6)cc5c4CCN(C2)C13. The van der Waals surface area contributed by atoms with Gasteiger partial charge >= 0.3 is 0 Å². The molecular weight excluding hydrogens is 332 g/mol. The van der Waals surface area contributed by atoms with Crippen LogP contribution in [-0.2, 0) is 13.5 Å². The van der Waals surface area contributed by atoms with Crippen molar-refractivity contribution in [2.45, 2.75) is 44.6 Å². The van der Waals surface area contributed by atoms with Crippen LogP contribution in [-0.4, -0.2) is 38.8 Å². The lowest BCUT2D eigenvalue weighted by Gasteiger charge is -2.53. The average molecular weight is 361 g/mol. The number of piperidine rings is 2. The molecule has 4 aliphatic rings. The molecule has 0 radical (unpaired) electrons. The van der Waals surface area contributed by atoms with E-state index in [4.69, 9.17) is 0 Å². The van der Waals surface area contributed by atoms with Crippen molar-refractivity contribution in [3.63, 3.8) is 0 Å². The molecule has 2 aromatic heterocycles. The molecule has 5 heterocycles. The maximum atomic E-state index is 4.35. The van der Waals surface area contributed by atoms with Gasteiger partial charge in [-0.1, -0.05) is 19.4 Å². The molecule has 0 spiro atoms. The van der Waals surface area contributed by atoms with Crippen molar-refractivity contribution < 1.29 is 0 Å². The van der Waals surface area contributed by atoms with Crippen molar-refractivity contribution in [1.82, 2.24) is 19.7 Å². The minimum Gasteiger partial charge on any atom is -0.358 e. The number of aromatic amines is 1. The van der Waals surface area contributed by atoms with Gasteiger partial charge in [-0.3, -0.25) is 9.58 Å². The Hall–Kier alpha value is -2.07. The van der Waals surface area contributed by atoms with E-state index in [1.54, 1.807) is 11.3 Å². The number of aryl methyl sites for hydroxylation is 1. The molecule has 140 valence electrons. The number of H-pyrrole nitrogens is 1. The Labute approximate surface area is 160 Å². The highest BCUT2D eigenvalue weighted by molar-refractivity contribution is 5.89. The summed E-state index contributed by atoms with van der Waals surface area (Å²) in [5, 5.41) is 5.79. The lowest BCUT2D eigenvalue weighted by Crippen LogP contribution is -2.56. The zero-order valence-electron chi connectivity index (χ0n) is 16.3. The predicted molar refractivity (Wildman–Crippen MR) is 109 cm³/mol. The fourth-order valence-electron chi connectivity index (χ4n) is 6.44. The molecule has 1 aromatic carbocycles. The van der Waals surface area contributed by atoms with Crippen LogP contribution in [0.5, 0.6) is 0 Å². The Morgan fingerprint density at radius 3 is 2.96 bits per heavy atom. The van der Waals surface area contributed by atoms with E-state index in [2.05, 4.69) is 46.3 Å². The zero-order valence-corrected chi connectivity index (χ0v) is 16.3. The van der Waals surface area contributed by atoms with Gasteiger partial charge < -0.3 is 4.98 Å². The highest BCUT2D eigenvalue weighted by atomic mass is 15.2. The minimum atomic E-state index is 0.703. The smallest absolute Gasteiger partial charge is 0.0568 e. The van der Waals surface area contributed by atoms with Crippen LogP contribution in [0.3, 0.4) is 0 Å². The summed E-state index contributed by atoms with van der Waals surface area (Å²) in [6.07, 6.45) is 9.42. The quantitative estimate of drug-likeness (QED) is 0.738. The lowest BCUT2D eigenvalue weighted by atomic mass is 9.65. The van der Waals surface area contributed by atoms with E-state index in [0.717, 1.165) is 17.9 Å². The summed E-state index contributed by atoms with van der Waals surface area (Å²) in [5.41, 5.74) is 6.94. The van der Waals surface area contributed by atoms with Crippen molar-refractivity contribution >= 4 is 10.9 Å². The van der Waals surface area contributed by atoms with Crippen molar-refractivity contribution in [2.75, 3.05) is 13.1 Å². The number of nitrogens with zero attached hydrogens (tertiary/aromatic N) is 3. The third kappa shape index (κ3) is 2.29. The third-order valence-corrected chi connectivity index (χ3v) is 7.55. The standard InChI is InChI=1S/C23H28N4/c1-3-15-8-14-9-20-22-18(6-7-27(12-14)23(15)20)19-10-16(4-5-21(19)25-22)17-11-24-26(2)13-17/h4-5,10-11,13-15,20,23,25H,3,6-9,12H2,1-2H3. The number of fused-ring (bicyclic) bond motifs is 4. The van der Waals surface area contributed by atoms with Gasteiger partial charge in [0.2, 0.25) is 0 Å². The van der Waals surface area contributed by atoms with Gasteiger partial charge in [0, 0.05) is 60.5 Å². The predicted octanol–water partition coefficient (Wildman–Crippen LogP) is 4.33. The first kappa shape index (κ1) is 15.9. The molecular formula is C23H28N4. The highest BCUT2D eigenvalue weighted by Crippen LogP contribution is 2.51. The van der Waals surface area contributed by atoms with E-state index in [1.807, 2.05) is 17.9 Å². The Kier molecular flexibility index (Phi) is 3.37. The second-order valence-electron chi connectivity index (χ2n) is 9.03. The summed E-state index contributed by atoms with van der Waals surface area (Å²) >= 11 is 0. The monoisotopic (exact) mass is 360 g/mol. The Balaban J connectivity index is 1.49. The molecule has 5 unspecified atom stereocenters. The van der Waals surface area contributed by atoms with E-state index in [9.17, 15) is 0 Å². The molecule has 3 aromatic rings. The van der Waals surface area contributed by atoms with Crippen LogP contribution in [0.25, 0.3) is 22.0 Å². The van der Waals surface area contributed by atoms with Crippen molar-refractivity contribution in [3.8, 4) is 11.1 Å². The van der Waals surface area contributed by atoms with Gasteiger partial charge in [0.1, 0.15) is 0 Å². The summed E-state index contributed by atoms with van der Waals surface area (Å²) in [7, 11) is 1.98. The summed E-state index contributed by atoms with van der Waals surface area (Å²) in [6, 6.07) is 7.67. The molecule has 2 saturated heterocycles. The first-order valence-corrected chi connectivity index (χ1v) is 10.6. The van der Waals surface area contributed by atoms with Gasteiger partial charge in [0.15, 0.2) is 0 Å². The van der Waals surface area contributed by atoms with Crippen LogP contribution < -0.4 is 0 Å². The van der Waals surface area contributed by atoms with Crippen molar-refractivity contribution in [2.24, 2.45) is 18.9 Å². The molecule has 4 nitrogen and oxygen atoms in total. The summed E-state index contributed by atoms with van der Waals surface area (Å²) < 4.78 is 1.88. The second kappa shape index (κ2) is 5.71. The molecule has 27 heavy (non-hydrogen) atoms. The molecule has 1 N–H and O–H groups in total. The Bertz CT molecular complexity index is 1010. The number of nitrogens with one attached hydrogen (secondary N) is 1. The second-order valence-corrected chi connectivity index (χ2v) is 9.03. The van der Waals surface area contributed by atoms with Gasteiger partial charge in [-0.15, -0.1) is 0 Å². The van der Waals surface area contributed by atoms with Gasteiger partial charge in [-0.05, 0) is 54.4 Å². The van der Waals surface area contributed by atoms with E-state index >= 15 is 0 Å². The lowest BCUT2D eigenvalue weighted by molar-refractivity contribution is -0.0134. The van der Waals surface area contributed by atoms with Crippen LogP contribution >= 0.6 is 0 Å². The fourth-order valence-corrected chi connectivity index (χ4v) is 6.44. The fraction of sp³-hybridized carbons (Fsp3) is 0.522. The average Bonchev–Trinajstić information content (AvgIpc) is 3.26. The van der Waals surface area contributed by atoms with Gasteiger partial charge in [-0.25, -0.2) is 0 Å². The normalized spacial score (nSPS) is 31.9. The molecule has 5 atom stereocenters. The van der Waals surface area contributed by atoms with E-state index in [-0.39, 0.29) is 0 Å². The number of rotatable bonds is 2. The Morgan fingerprint density at radius 1 is 1.22 bits per heavy atom. The van der Waals surface area contributed by atoms with Crippen LogP contribution in [0.1, 0.15) is 43.4 Å². The van der Waals surface area contributed by atoms with E-state index < -0.39 is 0 Å². The number of hydrogen-bond donors (Lipinski definition) is 1. The van der Waals surface area contributed by atoms with Crippen molar-refractivity contribution in [1.29, 1.82) is 0 Å². The van der Waals surface area contributed by atoms with E-state index in [1.165, 1.54) is 60.8 Å². The van der Waals surface area contributed by atoms with E-state index in [0.29, 0.717) is 5.92 Å². The molecule has 0 amide bonds. The van der Waals surface area contributed by atoms with Gasteiger partial charge in [0.25, 0.3) is 0 Å². The van der Waals surface area contributed by atoms with Crippen LogP contribution in [0.15, 0.2) is 30.6 Å². The third-order valence-electron chi connectivity index (χ3n) is 7.55. The minimum absolute atomic E-state index is 0.703. The van der Waals surface area contributed by atoms with Crippen LogP contribution in [0.4, 0.5) is 0 Å². The Morgan fingerprint density at radius 2 is 2.15 bits per heavy atom. The van der Waals surface area contributed by atoms with Crippen LogP contribution in [0, 0.1) is 11.8 Å². The number of benzene rings is 1. The zero-order chi connectivity index (χ0) is 18.1. The first-order valence-electron chi connectivity index (χ1n) is 10.6. The largest absolute Gasteiger partial charge is 0.358 e. The maximum Gasteiger partial charge on any atom is 0.0568 e.